The van der Waals surface area contributed by atoms with Gasteiger partial charge in [0.2, 0.25) is 5.91 Å². The van der Waals surface area contributed by atoms with Gasteiger partial charge >= 0.3 is 0 Å². The Balaban J connectivity index is 1.60. The Hall–Kier alpha value is -2.02. The summed E-state index contributed by atoms with van der Waals surface area (Å²) in [6, 6.07) is -0.0513. The lowest BCUT2D eigenvalue weighted by Gasteiger charge is -2.33. The highest BCUT2D eigenvalue weighted by Gasteiger charge is 2.28. The molecule has 0 saturated carbocycles. The standard InChI is InChI=1S/C20H31N5O2/c1-13(2)18-16(11-22-14(3)24-18)20(27)25-9-5-6-15(12-25)10-23-19(26)17-7-4-8-21-17/h11,13,15,17,21H,4-10,12H2,1-3H3,(H,23,26). The summed E-state index contributed by atoms with van der Waals surface area (Å²) in [5, 5.41) is 6.29. The lowest BCUT2D eigenvalue weighted by atomic mass is 9.96. The number of hydrogen-bond donors (Lipinski definition) is 2. The van der Waals surface area contributed by atoms with Crippen LogP contribution in [0.25, 0.3) is 0 Å². The van der Waals surface area contributed by atoms with Gasteiger partial charge in [-0.3, -0.25) is 9.59 Å². The van der Waals surface area contributed by atoms with Gasteiger partial charge in [-0.15, -0.1) is 0 Å². The Kier molecular flexibility index (Phi) is 6.42. The van der Waals surface area contributed by atoms with Crippen LogP contribution >= 0.6 is 0 Å². The SMILES string of the molecule is Cc1ncc(C(=O)N2CCCC(CNC(=O)C3CCCN3)C2)c(C(C)C)n1. The lowest BCUT2D eigenvalue weighted by Crippen LogP contribution is -2.47. The summed E-state index contributed by atoms with van der Waals surface area (Å²) in [7, 11) is 0. The molecule has 2 N–H and O–H groups in total. The van der Waals surface area contributed by atoms with Gasteiger partial charge in [0.05, 0.1) is 17.3 Å². The van der Waals surface area contributed by atoms with E-state index in [0.29, 0.717) is 30.4 Å². The molecule has 2 aliphatic rings. The van der Waals surface area contributed by atoms with E-state index in [1.165, 1.54) is 0 Å². The van der Waals surface area contributed by atoms with Crippen molar-refractivity contribution in [2.45, 2.75) is 58.4 Å². The minimum absolute atomic E-state index is 0.00665. The summed E-state index contributed by atoms with van der Waals surface area (Å²) in [6.45, 7) is 8.90. The van der Waals surface area contributed by atoms with Crippen molar-refractivity contribution in [1.82, 2.24) is 25.5 Å². The maximum Gasteiger partial charge on any atom is 0.257 e. The molecule has 3 heterocycles. The van der Waals surface area contributed by atoms with Crippen molar-refractivity contribution in [3.8, 4) is 0 Å². The third-order valence-electron chi connectivity index (χ3n) is 5.46. The molecule has 0 bridgehead atoms. The Morgan fingerprint density at radius 1 is 1.33 bits per heavy atom. The van der Waals surface area contributed by atoms with Crippen molar-refractivity contribution in [3.63, 3.8) is 0 Å². The molecule has 148 valence electrons. The number of amides is 2. The molecular weight excluding hydrogens is 342 g/mol. The number of nitrogens with one attached hydrogen (secondary N) is 2. The fourth-order valence-electron chi connectivity index (χ4n) is 3.96. The van der Waals surface area contributed by atoms with Gasteiger partial charge in [0.25, 0.3) is 5.91 Å². The Bertz CT molecular complexity index is 685. The maximum atomic E-state index is 13.1. The van der Waals surface area contributed by atoms with Gasteiger partial charge in [-0.2, -0.15) is 0 Å². The van der Waals surface area contributed by atoms with Crippen molar-refractivity contribution >= 4 is 11.8 Å². The van der Waals surface area contributed by atoms with E-state index in [-0.39, 0.29) is 23.8 Å². The zero-order valence-electron chi connectivity index (χ0n) is 16.6. The second-order valence-corrected chi connectivity index (χ2v) is 8.02. The average Bonchev–Trinajstić information content (AvgIpc) is 3.20. The van der Waals surface area contributed by atoms with Crippen molar-refractivity contribution in [2.24, 2.45) is 5.92 Å². The molecule has 2 fully saturated rings. The molecule has 2 amide bonds. The molecular formula is C20H31N5O2. The average molecular weight is 374 g/mol. The molecule has 3 rings (SSSR count). The Morgan fingerprint density at radius 3 is 2.85 bits per heavy atom. The first-order chi connectivity index (χ1) is 13.0. The number of piperidine rings is 1. The van der Waals surface area contributed by atoms with Crippen LogP contribution in [0, 0.1) is 12.8 Å². The second-order valence-electron chi connectivity index (χ2n) is 8.02. The molecule has 0 aliphatic carbocycles. The smallest absolute Gasteiger partial charge is 0.257 e. The van der Waals surface area contributed by atoms with E-state index in [1.54, 1.807) is 6.20 Å². The summed E-state index contributed by atoms with van der Waals surface area (Å²) in [6.07, 6.45) is 5.62. The van der Waals surface area contributed by atoms with Gasteiger partial charge < -0.3 is 15.5 Å². The van der Waals surface area contributed by atoms with Crippen LogP contribution in [0.2, 0.25) is 0 Å². The van der Waals surface area contributed by atoms with Crippen molar-refractivity contribution in [2.75, 3.05) is 26.2 Å². The van der Waals surface area contributed by atoms with Crippen LogP contribution in [0.3, 0.4) is 0 Å². The van der Waals surface area contributed by atoms with E-state index < -0.39 is 0 Å². The summed E-state index contributed by atoms with van der Waals surface area (Å²) in [5.41, 5.74) is 1.42. The monoisotopic (exact) mass is 373 g/mol. The molecule has 2 aliphatic heterocycles. The maximum absolute atomic E-state index is 13.1. The largest absolute Gasteiger partial charge is 0.354 e. The van der Waals surface area contributed by atoms with Gasteiger partial charge in [0.15, 0.2) is 0 Å². The molecule has 0 radical (unpaired) electrons. The quantitative estimate of drug-likeness (QED) is 0.819. The zero-order valence-corrected chi connectivity index (χ0v) is 16.6. The molecule has 0 spiro atoms. The first-order valence-electron chi connectivity index (χ1n) is 10.1. The summed E-state index contributed by atoms with van der Waals surface area (Å²) in [5.74, 6) is 1.25. The van der Waals surface area contributed by atoms with Crippen LogP contribution in [-0.4, -0.2) is 58.9 Å². The van der Waals surface area contributed by atoms with E-state index >= 15 is 0 Å². The third kappa shape index (κ3) is 4.83. The first-order valence-corrected chi connectivity index (χ1v) is 10.1. The van der Waals surface area contributed by atoms with Crippen molar-refractivity contribution in [3.05, 3.63) is 23.3 Å². The minimum Gasteiger partial charge on any atom is -0.354 e. The van der Waals surface area contributed by atoms with Gasteiger partial charge in [-0.05, 0) is 51.0 Å². The number of likely N-dealkylation sites (tertiary alicyclic amines) is 1. The van der Waals surface area contributed by atoms with Gasteiger partial charge in [-0.1, -0.05) is 13.8 Å². The van der Waals surface area contributed by atoms with Crippen LogP contribution in [0.1, 0.15) is 67.3 Å². The van der Waals surface area contributed by atoms with Gasteiger partial charge in [-0.25, -0.2) is 9.97 Å². The van der Waals surface area contributed by atoms with E-state index in [9.17, 15) is 9.59 Å². The molecule has 2 saturated heterocycles. The number of hydrogen-bond acceptors (Lipinski definition) is 5. The first kappa shape index (κ1) is 19.7. The minimum atomic E-state index is -0.0513. The Labute approximate surface area is 161 Å². The van der Waals surface area contributed by atoms with E-state index in [0.717, 1.165) is 44.5 Å². The third-order valence-corrected chi connectivity index (χ3v) is 5.46. The highest BCUT2D eigenvalue weighted by Crippen LogP contribution is 2.22. The van der Waals surface area contributed by atoms with E-state index in [2.05, 4.69) is 20.6 Å². The summed E-state index contributed by atoms with van der Waals surface area (Å²) in [4.78, 5) is 35.9. The molecule has 7 nitrogen and oxygen atoms in total. The normalized spacial score (nSPS) is 22.9. The predicted octanol–water partition coefficient (Wildman–Crippen LogP) is 1.63. The molecule has 27 heavy (non-hydrogen) atoms. The number of aromatic nitrogens is 2. The van der Waals surface area contributed by atoms with Crippen LogP contribution in [0.4, 0.5) is 0 Å². The molecule has 1 aromatic rings. The fourth-order valence-corrected chi connectivity index (χ4v) is 3.96. The number of carbonyl (C=O) groups excluding carboxylic acids is 2. The van der Waals surface area contributed by atoms with Crippen molar-refractivity contribution < 1.29 is 9.59 Å². The number of nitrogens with zero attached hydrogens (tertiary/aromatic N) is 3. The van der Waals surface area contributed by atoms with Crippen LogP contribution in [-0.2, 0) is 4.79 Å². The van der Waals surface area contributed by atoms with Crippen molar-refractivity contribution in [1.29, 1.82) is 0 Å². The van der Waals surface area contributed by atoms with E-state index in [4.69, 9.17) is 0 Å². The van der Waals surface area contributed by atoms with Crippen LogP contribution in [0.5, 0.6) is 0 Å². The number of rotatable bonds is 5. The lowest BCUT2D eigenvalue weighted by molar-refractivity contribution is -0.123. The van der Waals surface area contributed by atoms with Crippen LogP contribution in [0.15, 0.2) is 6.20 Å². The molecule has 2 atom stereocenters. The molecule has 0 aromatic carbocycles. The van der Waals surface area contributed by atoms with Crippen LogP contribution < -0.4 is 10.6 Å². The van der Waals surface area contributed by atoms with Gasteiger partial charge in [0.1, 0.15) is 5.82 Å². The number of carbonyl (C=O) groups is 2. The number of aryl methyl sites for hydroxylation is 1. The Morgan fingerprint density at radius 2 is 2.15 bits per heavy atom. The highest BCUT2D eigenvalue weighted by molar-refractivity contribution is 5.95. The summed E-state index contributed by atoms with van der Waals surface area (Å²) < 4.78 is 0. The second kappa shape index (κ2) is 8.78. The molecule has 7 heteroatoms. The zero-order chi connectivity index (χ0) is 19.4. The molecule has 2 unspecified atom stereocenters. The summed E-state index contributed by atoms with van der Waals surface area (Å²) >= 11 is 0. The topological polar surface area (TPSA) is 87.2 Å². The molecule has 1 aromatic heterocycles. The highest BCUT2D eigenvalue weighted by atomic mass is 16.2. The van der Waals surface area contributed by atoms with Gasteiger partial charge in [0, 0.05) is 25.8 Å². The van der Waals surface area contributed by atoms with E-state index in [1.807, 2.05) is 25.7 Å². The predicted molar refractivity (Wildman–Crippen MR) is 104 cm³/mol. The fraction of sp³-hybridized carbons (Fsp3) is 0.700.